The van der Waals surface area contributed by atoms with Crippen molar-refractivity contribution < 1.29 is 9.90 Å². The quantitative estimate of drug-likeness (QED) is 0.784. The standard InChI is InChI=1S/C18H28O2/c1-13(9-10-19)15-11-14(7-8-16(15)20)18(5,6)12-17(2,3)4/h7-8,10-11,13,20H,9,12H2,1-6H3. The van der Waals surface area contributed by atoms with E-state index < -0.39 is 0 Å². The Hall–Kier alpha value is -1.31. The van der Waals surface area contributed by atoms with Crippen LogP contribution in [0.1, 0.15) is 71.4 Å². The van der Waals surface area contributed by atoms with E-state index >= 15 is 0 Å². The summed E-state index contributed by atoms with van der Waals surface area (Å²) in [5.41, 5.74) is 2.38. The summed E-state index contributed by atoms with van der Waals surface area (Å²) in [4.78, 5) is 10.7. The van der Waals surface area contributed by atoms with Crippen LogP contribution in [0.2, 0.25) is 0 Å². The molecule has 0 saturated heterocycles. The number of phenolic OH excluding ortho intramolecular Hbond substituents is 1. The van der Waals surface area contributed by atoms with Gasteiger partial charge in [0.2, 0.25) is 0 Å². The highest BCUT2D eigenvalue weighted by Gasteiger charge is 2.28. The molecular weight excluding hydrogens is 248 g/mol. The van der Waals surface area contributed by atoms with Gasteiger partial charge in [-0.1, -0.05) is 53.7 Å². The van der Waals surface area contributed by atoms with Gasteiger partial charge in [0.25, 0.3) is 0 Å². The second-order valence-corrected chi connectivity index (χ2v) is 7.70. The summed E-state index contributed by atoms with van der Waals surface area (Å²) in [5.74, 6) is 0.340. The molecule has 0 aliphatic rings. The van der Waals surface area contributed by atoms with Gasteiger partial charge in [-0.05, 0) is 40.4 Å². The molecule has 0 bridgehead atoms. The van der Waals surface area contributed by atoms with Gasteiger partial charge in [-0.15, -0.1) is 0 Å². The van der Waals surface area contributed by atoms with Gasteiger partial charge in [-0.2, -0.15) is 0 Å². The van der Waals surface area contributed by atoms with Gasteiger partial charge in [0.15, 0.2) is 0 Å². The lowest BCUT2D eigenvalue weighted by Gasteiger charge is -2.33. The van der Waals surface area contributed by atoms with E-state index in [9.17, 15) is 9.90 Å². The number of aldehydes is 1. The first kappa shape index (κ1) is 16.7. The average Bonchev–Trinajstić information content (AvgIpc) is 2.26. The minimum absolute atomic E-state index is 0.0433. The Kier molecular flexibility index (Phi) is 5.01. The highest BCUT2D eigenvalue weighted by atomic mass is 16.3. The number of phenols is 1. The van der Waals surface area contributed by atoms with E-state index in [0.29, 0.717) is 6.42 Å². The van der Waals surface area contributed by atoms with E-state index in [0.717, 1.165) is 18.3 Å². The predicted octanol–water partition coefficient (Wildman–Crippen LogP) is 4.80. The van der Waals surface area contributed by atoms with Crippen LogP contribution in [0.25, 0.3) is 0 Å². The van der Waals surface area contributed by atoms with E-state index in [-0.39, 0.29) is 22.5 Å². The van der Waals surface area contributed by atoms with E-state index in [1.807, 2.05) is 13.0 Å². The second kappa shape index (κ2) is 5.99. The largest absolute Gasteiger partial charge is 0.508 e. The first-order chi connectivity index (χ1) is 9.07. The van der Waals surface area contributed by atoms with Gasteiger partial charge in [0.1, 0.15) is 12.0 Å². The van der Waals surface area contributed by atoms with Gasteiger partial charge in [0, 0.05) is 6.42 Å². The molecular formula is C18H28O2. The molecule has 1 N–H and O–H groups in total. The average molecular weight is 276 g/mol. The second-order valence-electron chi connectivity index (χ2n) is 7.70. The molecule has 2 heteroatoms. The topological polar surface area (TPSA) is 37.3 Å². The maximum absolute atomic E-state index is 10.7. The van der Waals surface area contributed by atoms with Gasteiger partial charge in [-0.25, -0.2) is 0 Å². The van der Waals surface area contributed by atoms with Gasteiger partial charge in [-0.3, -0.25) is 0 Å². The van der Waals surface area contributed by atoms with Crippen LogP contribution in [0.15, 0.2) is 18.2 Å². The molecule has 0 heterocycles. The minimum atomic E-state index is 0.0433. The molecule has 0 spiro atoms. The summed E-state index contributed by atoms with van der Waals surface area (Å²) >= 11 is 0. The fourth-order valence-electron chi connectivity index (χ4n) is 3.07. The number of hydrogen-bond donors (Lipinski definition) is 1. The van der Waals surface area contributed by atoms with Crippen molar-refractivity contribution in [1.82, 2.24) is 0 Å². The monoisotopic (exact) mass is 276 g/mol. The molecule has 0 radical (unpaired) electrons. The zero-order chi connectivity index (χ0) is 15.6. The summed E-state index contributed by atoms with van der Waals surface area (Å²) in [5, 5.41) is 10.0. The molecule has 0 fully saturated rings. The van der Waals surface area contributed by atoms with Crippen LogP contribution in [0, 0.1) is 5.41 Å². The summed E-state index contributed by atoms with van der Waals surface area (Å²) in [6.45, 7) is 13.2. The van der Waals surface area contributed by atoms with Crippen molar-refractivity contribution in [2.24, 2.45) is 5.41 Å². The molecule has 2 nitrogen and oxygen atoms in total. The van der Waals surface area contributed by atoms with Crippen LogP contribution in [-0.2, 0) is 10.2 Å². The van der Waals surface area contributed by atoms with Gasteiger partial charge in [0.05, 0.1) is 0 Å². The summed E-state index contributed by atoms with van der Waals surface area (Å²) < 4.78 is 0. The maximum atomic E-state index is 10.7. The molecule has 1 unspecified atom stereocenters. The first-order valence-corrected chi connectivity index (χ1v) is 7.34. The maximum Gasteiger partial charge on any atom is 0.120 e. The Labute approximate surface area is 123 Å². The Morgan fingerprint density at radius 1 is 1.20 bits per heavy atom. The lowest BCUT2D eigenvalue weighted by atomic mass is 9.72. The van der Waals surface area contributed by atoms with Gasteiger partial charge < -0.3 is 9.90 Å². The number of hydrogen-bond acceptors (Lipinski definition) is 2. The zero-order valence-electron chi connectivity index (χ0n) is 13.7. The molecule has 0 aliphatic heterocycles. The molecule has 1 aromatic carbocycles. The molecule has 1 rings (SSSR count). The number of aromatic hydroxyl groups is 1. The van der Waals surface area contributed by atoms with E-state index in [2.05, 4.69) is 40.7 Å². The van der Waals surface area contributed by atoms with Crippen LogP contribution in [-0.4, -0.2) is 11.4 Å². The highest BCUT2D eigenvalue weighted by molar-refractivity contribution is 5.53. The zero-order valence-corrected chi connectivity index (χ0v) is 13.7. The lowest BCUT2D eigenvalue weighted by Crippen LogP contribution is -2.25. The number of benzene rings is 1. The number of carbonyl (C=O) groups is 1. The molecule has 0 amide bonds. The molecule has 0 aliphatic carbocycles. The van der Waals surface area contributed by atoms with Gasteiger partial charge >= 0.3 is 0 Å². The van der Waals surface area contributed by atoms with Crippen molar-refractivity contribution in [3.05, 3.63) is 29.3 Å². The third-order valence-electron chi connectivity index (χ3n) is 3.76. The summed E-state index contributed by atoms with van der Waals surface area (Å²) in [6, 6.07) is 5.82. The third-order valence-corrected chi connectivity index (χ3v) is 3.76. The third kappa shape index (κ3) is 4.36. The number of carbonyl (C=O) groups excluding carboxylic acids is 1. The van der Waals surface area contributed by atoms with Crippen molar-refractivity contribution >= 4 is 6.29 Å². The van der Waals surface area contributed by atoms with Crippen LogP contribution in [0.3, 0.4) is 0 Å². The fraction of sp³-hybridized carbons (Fsp3) is 0.611. The SMILES string of the molecule is CC(CC=O)c1cc(C(C)(C)CC(C)(C)C)ccc1O. The normalized spacial score (nSPS) is 14.1. The Morgan fingerprint density at radius 2 is 1.80 bits per heavy atom. The molecule has 1 aromatic rings. The van der Waals surface area contributed by atoms with Crippen LogP contribution >= 0.6 is 0 Å². The Bertz CT molecular complexity index is 467. The van der Waals surface area contributed by atoms with Crippen LogP contribution in [0.5, 0.6) is 5.75 Å². The smallest absolute Gasteiger partial charge is 0.120 e. The molecule has 20 heavy (non-hydrogen) atoms. The fourth-order valence-corrected chi connectivity index (χ4v) is 3.07. The summed E-state index contributed by atoms with van der Waals surface area (Å²) in [7, 11) is 0. The molecule has 0 aromatic heterocycles. The van der Waals surface area contributed by atoms with Crippen molar-refractivity contribution in [3.63, 3.8) is 0 Å². The lowest BCUT2D eigenvalue weighted by molar-refractivity contribution is -0.108. The molecule has 1 atom stereocenters. The summed E-state index contributed by atoms with van der Waals surface area (Å²) in [6.07, 6.45) is 2.42. The number of rotatable bonds is 5. The van der Waals surface area contributed by atoms with E-state index in [1.54, 1.807) is 6.07 Å². The van der Waals surface area contributed by atoms with Crippen molar-refractivity contribution in [2.75, 3.05) is 0 Å². The molecule has 112 valence electrons. The van der Waals surface area contributed by atoms with E-state index in [1.165, 1.54) is 5.56 Å². The predicted molar refractivity (Wildman–Crippen MR) is 84.3 cm³/mol. The van der Waals surface area contributed by atoms with Crippen molar-refractivity contribution in [1.29, 1.82) is 0 Å². The van der Waals surface area contributed by atoms with Crippen LogP contribution < -0.4 is 0 Å². The van der Waals surface area contributed by atoms with Crippen molar-refractivity contribution in [2.45, 2.75) is 65.7 Å². The van der Waals surface area contributed by atoms with Crippen molar-refractivity contribution in [3.8, 4) is 5.75 Å². The Morgan fingerprint density at radius 3 is 2.30 bits per heavy atom. The minimum Gasteiger partial charge on any atom is -0.508 e. The van der Waals surface area contributed by atoms with E-state index in [4.69, 9.17) is 0 Å². The highest BCUT2D eigenvalue weighted by Crippen LogP contribution is 2.39. The first-order valence-electron chi connectivity index (χ1n) is 7.34. The molecule has 0 saturated carbocycles. The Balaban J connectivity index is 3.14. The van der Waals surface area contributed by atoms with Crippen LogP contribution in [0.4, 0.5) is 0 Å².